The summed E-state index contributed by atoms with van der Waals surface area (Å²) in [5.41, 5.74) is 0.880. The molecular formula is C21H26N6O4S. The second-order valence-corrected chi connectivity index (χ2v) is 9.81. The number of ether oxygens (including phenoxy) is 1. The minimum Gasteiger partial charge on any atom is -0.494 e. The highest BCUT2D eigenvalue weighted by Gasteiger charge is 2.23. The number of carbonyl (C=O) groups is 1. The molecule has 1 aliphatic rings. The molecule has 0 N–H and O–H groups in total. The van der Waals surface area contributed by atoms with Gasteiger partial charge in [-0.2, -0.15) is 14.6 Å². The molecule has 0 atom stereocenters. The molecular weight excluding hydrogens is 432 g/mol. The summed E-state index contributed by atoms with van der Waals surface area (Å²) in [7, 11) is -3.22. The van der Waals surface area contributed by atoms with Gasteiger partial charge in [0.1, 0.15) is 17.9 Å². The van der Waals surface area contributed by atoms with Gasteiger partial charge in [0.2, 0.25) is 5.91 Å². The topological polar surface area (TPSA) is 110 Å². The Bertz CT molecular complexity index is 1200. The van der Waals surface area contributed by atoms with Crippen LogP contribution < -0.4 is 9.64 Å². The van der Waals surface area contributed by atoms with Gasteiger partial charge in [0.25, 0.3) is 5.78 Å². The maximum atomic E-state index is 12.6. The van der Waals surface area contributed by atoms with Crippen molar-refractivity contribution in [1.82, 2.24) is 24.5 Å². The van der Waals surface area contributed by atoms with Crippen molar-refractivity contribution in [2.45, 2.75) is 24.7 Å². The minimum atomic E-state index is -3.22. The molecule has 0 radical (unpaired) electrons. The molecule has 2 aromatic heterocycles. The molecule has 0 saturated carbocycles. The lowest BCUT2D eigenvalue weighted by Gasteiger charge is -2.36. The quantitative estimate of drug-likeness (QED) is 0.488. The van der Waals surface area contributed by atoms with Crippen LogP contribution in [0, 0.1) is 6.92 Å². The number of nitrogens with zero attached hydrogens (tertiary/aromatic N) is 6. The number of aromatic nitrogens is 4. The molecule has 3 heterocycles. The normalized spacial score (nSPS) is 14.7. The number of amides is 1. The van der Waals surface area contributed by atoms with Gasteiger partial charge in [0.15, 0.2) is 9.84 Å². The maximum Gasteiger partial charge on any atom is 0.254 e. The van der Waals surface area contributed by atoms with Crippen molar-refractivity contribution in [3.8, 4) is 5.75 Å². The first-order valence-electron chi connectivity index (χ1n) is 10.4. The summed E-state index contributed by atoms with van der Waals surface area (Å²) in [6.45, 7) is 5.04. The van der Waals surface area contributed by atoms with Crippen LogP contribution >= 0.6 is 0 Å². The van der Waals surface area contributed by atoms with Crippen LogP contribution in [0.2, 0.25) is 0 Å². The molecule has 170 valence electrons. The van der Waals surface area contributed by atoms with E-state index in [0.29, 0.717) is 57.2 Å². The largest absolute Gasteiger partial charge is 0.494 e. The molecule has 1 saturated heterocycles. The van der Waals surface area contributed by atoms with E-state index in [4.69, 9.17) is 4.74 Å². The van der Waals surface area contributed by atoms with Crippen molar-refractivity contribution in [3.63, 3.8) is 0 Å². The first-order valence-corrected chi connectivity index (χ1v) is 12.3. The Labute approximate surface area is 186 Å². The lowest BCUT2D eigenvalue weighted by atomic mass is 10.2. The molecule has 1 aromatic carbocycles. The lowest BCUT2D eigenvalue weighted by Crippen LogP contribution is -2.49. The Morgan fingerprint density at radius 1 is 1.12 bits per heavy atom. The molecule has 32 heavy (non-hydrogen) atoms. The van der Waals surface area contributed by atoms with E-state index in [0.717, 1.165) is 11.5 Å². The third-order valence-electron chi connectivity index (χ3n) is 5.37. The van der Waals surface area contributed by atoms with Crippen molar-refractivity contribution in [1.29, 1.82) is 0 Å². The van der Waals surface area contributed by atoms with Crippen LogP contribution in [0.15, 0.2) is 41.6 Å². The van der Waals surface area contributed by atoms with Crippen LogP contribution in [0.1, 0.15) is 18.5 Å². The highest BCUT2D eigenvalue weighted by atomic mass is 32.2. The van der Waals surface area contributed by atoms with Gasteiger partial charge in [-0.05, 0) is 37.6 Å². The molecule has 11 heteroatoms. The summed E-state index contributed by atoms with van der Waals surface area (Å²) in [5, 5.41) is 4.26. The zero-order chi connectivity index (χ0) is 22.7. The third kappa shape index (κ3) is 4.98. The number of sulfone groups is 1. The number of benzene rings is 1. The van der Waals surface area contributed by atoms with Gasteiger partial charge in [-0.3, -0.25) is 4.79 Å². The van der Waals surface area contributed by atoms with Gasteiger partial charge >= 0.3 is 0 Å². The van der Waals surface area contributed by atoms with Crippen LogP contribution in [-0.4, -0.2) is 77.8 Å². The average Bonchev–Trinajstić information content (AvgIpc) is 3.24. The van der Waals surface area contributed by atoms with Crippen molar-refractivity contribution >= 4 is 27.3 Å². The average molecular weight is 459 g/mol. The number of hydrogen-bond acceptors (Lipinski definition) is 8. The van der Waals surface area contributed by atoms with E-state index >= 15 is 0 Å². The van der Waals surface area contributed by atoms with E-state index in [2.05, 4.69) is 20.0 Å². The molecule has 10 nitrogen and oxygen atoms in total. The predicted octanol–water partition coefficient (Wildman–Crippen LogP) is 1.34. The van der Waals surface area contributed by atoms with Crippen LogP contribution in [0.3, 0.4) is 0 Å². The maximum absolute atomic E-state index is 12.6. The summed E-state index contributed by atoms with van der Waals surface area (Å²) < 4.78 is 30.4. The Hall–Kier alpha value is -3.21. The fourth-order valence-electron chi connectivity index (χ4n) is 3.68. The van der Waals surface area contributed by atoms with E-state index in [-0.39, 0.29) is 10.8 Å². The van der Waals surface area contributed by atoms with E-state index < -0.39 is 9.84 Å². The standard InChI is InChI=1S/C21H26N6O4S/c1-16-14-19(27-21(24-16)22-15-23-27)25-9-11-26(12-10-25)20(28)4-3-13-31-17-5-7-18(8-6-17)32(2,29)30/h5-8,14-15H,3-4,9-13H2,1-2H3. The SMILES string of the molecule is Cc1cc(N2CCN(C(=O)CCCOc3ccc(S(C)(=O)=O)cc3)CC2)n2ncnc2n1. The second-order valence-electron chi connectivity index (χ2n) is 7.79. The Balaban J connectivity index is 1.23. The number of aryl methyl sites for hydroxylation is 1. The van der Waals surface area contributed by atoms with Crippen LogP contribution in [0.4, 0.5) is 5.82 Å². The van der Waals surface area contributed by atoms with Crippen molar-refractivity contribution in [2.75, 3.05) is 43.9 Å². The van der Waals surface area contributed by atoms with Gasteiger partial charge in [-0.25, -0.2) is 13.4 Å². The number of fused-ring (bicyclic) bond motifs is 1. The molecule has 0 aliphatic carbocycles. The van der Waals surface area contributed by atoms with Gasteiger partial charge < -0.3 is 14.5 Å². The monoisotopic (exact) mass is 458 g/mol. The first-order chi connectivity index (χ1) is 15.3. The van der Waals surface area contributed by atoms with E-state index in [9.17, 15) is 13.2 Å². The zero-order valence-corrected chi connectivity index (χ0v) is 19.0. The molecule has 4 rings (SSSR count). The number of rotatable bonds is 7. The van der Waals surface area contributed by atoms with Gasteiger partial charge in [-0.1, -0.05) is 0 Å². The third-order valence-corrected chi connectivity index (χ3v) is 6.50. The van der Waals surface area contributed by atoms with Gasteiger partial charge in [0, 0.05) is 50.6 Å². The van der Waals surface area contributed by atoms with Crippen LogP contribution in [0.5, 0.6) is 5.75 Å². The second kappa shape index (κ2) is 9.11. The van der Waals surface area contributed by atoms with Crippen molar-refractivity contribution in [2.24, 2.45) is 0 Å². The summed E-state index contributed by atoms with van der Waals surface area (Å²) in [6, 6.07) is 8.28. The number of piperazine rings is 1. The predicted molar refractivity (Wildman–Crippen MR) is 119 cm³/mol. The van der Waals surface area contributed by atoms with Gasteiger partial charge in [0.05, 0.1) is 11.5 Å². The Kier molecular flexibility index (Phi) is 6.26. The zero-order valence-electron chi connectivity index (χ0n) is 18.1. The van der Waals surface area contributed by atoms with E-state index in [1.165, 1.54) is 24.7 Å². The Morgan fingerprint density at radius 3 is 2.53 bits per heavy atom. The fourth-order valence-corrected chi connectivity index (χ4v) is 4.31. The number of anilines is 1. The lowest BCUT2D eigenvalue weighted by molar-refractivity contribution is -0.131. The fraction of sp³-hybridized carbons (Fsp3) is 0.429. The minimum absolute atomic E-state index is 0.109. The van der Waals surface area contributed by atoms with Crippen molar-refractivity contribution in [3.05, 3.63) is 42.4 Å². The summed E-state index contributed by atoms with van der Waals surface area (Å²) in [4.78, 5) is 25.5. The van der Waals surface area contributed by atoms with Crippen LogP contribution in [0.25, 0.3) is 5.78 Å². The van der Waals surface area contributed by atoms with Crippen LogP contribution in [-0.2, 0) is 14.6 Å². The summed E-state index contributed by atoms with van der Waals surface area (Å²) in [5.74, 6) is 2.21. The van der Waals surface area contributed by atoms with Crippen molar-refractivity contribution < 1.29 is 17.9 Å². The molecule has 0 spiro atoms. The highest BCUT2D eigenvalue weighted by molar-refractivity contribution is 7.90. The van der Waals surface area contributed by atoms with Gasteiger partial charge in [-0.15, -0.1) is 0 Å². The Morgan fingerprint density at radius 2 is 1.84 bits per heavy atom. The molecule has 1 amide bonds. The molecule has 3 aromatic rings. The smallest absolute Gasteiger partial charge is 0.254 e. The summed E-state index contributed by atoms with van der Waals surface area (Å²) >= 11 is 0. The molecule has 0 bridgehead atoms. The number of hydrogen-bond donors (Lipinski definition) is 0. The van der Waals surface area contributed by atoms with E-state index in [1.807, 2.05) is 17.9 Å². The van der Waals surface area contributed by atoms with E-state index in [1.54, 1.807) is 16.6 Å². The molecule has 1 fully saturated rings. The first kappa shape index (κ1) is 22.0. The summed E-state index contributed by atoms with van der Waals surface area (Å²) in [6.07, 6.45) is 3.66. The number of carbonyl (C=O) groups excluding carboxylic acids is 1. The molecule has 1 aliphatic heterocycles. The highest BCUT2D eigenvalue weighted by Crippen LogP contribution is 2.19. The molecule has 0 unspecified atom stereocenters.